The van der Waals surface area contributed by atoms with Crippen molar-refractivity contribution in [2.24, 2.45) is 5.92 Å². The number of piperidine rings is 1. The molecule has 30 heavy (non-hydrogen) atoms. The number of likely N-dealkylation sites (tertiary alicyclic amines) is 1. The molecule has 0 radical (unpaired) electrons. The molecule has 1 saturated heterocycles. The molecule has 1 amide bonds. The number of fused-ring (bicyclic) bond motifs is 2. The van der Waals surface area contributed by atoms with Crippen molar-refractivity contribution in [3.63, 3.8) is 0 Å². The van der Waals surface area contributed by atoms with Gasteiger partial charge < -0.3 is 9.64 Å². The van der Waals surface area contributed by atoms with E-state index >= 15 is 0 Å². The van der Waals surface area contributed by atoms with Crippen LogP contribution in [0.4, 0.5) is 4.79 Å². The van der Waals surface area contributed by atoms with E-state index in [1.54, 1.807) is 42.3 Å². The van der Waals surface area contributed by atoms with Crippen molar-refractivity contribution in [2.45, 2.75) is 25.7 Å². The standard InChI is InChI=1S/C22H22ClN3O4/c1-2-30-22(27)25-10-7-14(8-11-25)20-17-6-5-16(23)13-18(17)19(26(28)29)12-15-4-3-9-24-21(15)20/h3-6,9,12-14,20H,2,7-8,10-11H2,1H3. The minimum Gasteiger partial charge on any atom is -0.450 e. The fourth-order valence-electron chi connectivity index (χ4n) is 4.46. The predicted octanol–water partition coefficient (Wildman–Crippen LogP) is 4.82. The summed E-state index contributed by atoms with van der Waals surface area (Å²) in [6.45, 7) is 3.31. The number of benzene rings is 1. The first-order valence-corrected chi connectivity index (χ1v) is 10.4. The molecule has 2 heterocycles. The molecule has 8 heteroatoms. The summed E-state index contributed by atoms with van der Waals surface area (Å²) in [5.41, 5.74) is 2.98. The van der Waals surface area contributed by atoms with Gasteiger partial charge in [-0.3, -0.25) is 15.1 Å². The summed E-state index contributed by atoms with van der Waals surface area (Å²) in [7, 11) is 0. The van der Waals surface area contributed by atoms with Crippen LogP contribution in [0.2, 0.25) is 5.02 Å². The van der Waals surface area contributed by atoms with E-state index in [0.29, 0.717) is 30.3 Å². The van der Waals surface area contributed by atoms with Gasteiger partial charge in [0.15, 0.2) is 0 Å². The van der Waals surface area contributed by atoms with E-state index in [4.69, 9.17) is 16.3 Å². The lowest BCUT2D eigenvalue weighted by Crippen LogP contribution is -2.40. The van der Waals surface area contributed by atoms with Crippen LogP contribution in [0.15, 0.2) is 36.5 Å². The number of carbonyl (C=O) groups excluding carboxylic acids is 1. The predicted molar refractivity (Wildman–Crippen MR) is 114 cm³/mol. The summed E-state index contributed by atoms with van der Waals surface area (Å²) in [6, 6.07) is 8.96. The number of rotatable bonds is 3. The number of nitro groups is 1. The molecule has 0 N–H and O–H groups in total. The smallest absolute Gasteiger partial charge is 0.409 e. The zero-order valence-electron chi connectivity index (χ0n) is 16.6. The molecule has 2 aliphatic rings. The maximum atomic E-state index is 12.1. The zero-order valence-corrected chi connectivity index (χ0v) is 17.3. The summed E-state index contributed by atoms with van der Waals surface area (Å²) in [4.78, 5) is 29.9. The molecule has 1 aliphatic heterocycles. The summed E-state index contributed by atoms with van der Waals surface area (Å²) < 4.78 is 5.12. The van der Waals surface area contributed by atoms with Crippen LogP contribution in [0.3, 0.4) is 0 Å². The second-order valence-corrected chi connectivity index (χ2v) is 7.93. The molecule has 0 bridgehead atoms. The molecule has 2 aromatic rings. The van der Waals surface area contributed by atoms with Crippen molar-refractivity contribution in [3.8, 4) is 0 Å². The quantitative estimate of drug-likeness (QED) is 0.517. The Morgan fingerprint density at radius 3 is 2.80 bits per heavy atom. The maximum absolute atomic E-state index is 12.1. The van der Waals surface area contributed by atoms with E-state index in [0.717, 1.165) is 29.7 Å². The van der Waals surface area contributed by atoms with Crippen LogP contribution in [0.1, 0.15) is 48.1 Å². The van der Waals surface area contributed by atoms with Crippen molar-refractivity contribution in [1.29, 1.82) is 0 Å². The molecule has 7 nitrogen and oxygen atoms in total. The second-order valence-electron chi connectivity index (χ2n) is 7.50. The highest BCUT2D eigenvalue weighted by Crippen LogP contribution is 2.44. The minimum absolute atomic E-state index is 0.0215. The largest absolute Gasteiger partial charge is 0.450 e. The normalized spacial score (nSPS) is 18.7. The van der Waals surface area contributed by atoms with Crippen LogP contribution in [-0.4, -0.2) is 40.6 Å². The highest BCUT2D eigenvalue weighted by atomic mass is 35.5. The molecule has 4 rings (SSSR count). The molecule has 1 aromatic carbocycles. The van der Waals surface area contributed by atoms with Gasteiger partial charge in [0.2, 0.25) is 0 Å². The number of nitrogens with zero attached hydrogens (tertiary/aromatic N) is 3. The lowest BCUT2D eigenvalue weighted by Gasteiger charge is -2.36. The van der Waals surface area contributed by atoms with Crippen LogP contribution < -0.4 is 0 Å². The summed E-state index contributed by atoms with van der Waals surface area (Å²) in [6.07, 6.45) is 4.54. The molecule has 156 valence electrons. The number of pyridine rings is 1. The van der Waals surface area contributed by atoms with E-state index in [2.05, 4.69) is 4.98 Å². The molecule has 1 unspecified atom stereocenters. The van der Waals surface area contributed by atoms with Crippen molar-refractivity contribution in [3.05, 3.63) is 74.0 Å². The van der Waals surface area contributed by atoms with E-state index in [1.165, 1.54) is 0 Å². The molecule has 1 aliphatic carbocycles. The van der Waals surface area contributed by atoms with Gasteiger partial charge in [0.1, 0.15) is 0 Å². The van der Waals surface area contributed by atoms with Crippen LogP contribution in [0.25, 0.3) is 11.8 Å². The first-order chi connectivity index (χ1) is 14.5. The van der Waals surface area contributed by atoms with Crippen molar-refractivity contribution in [1.82, 2.24) is 9.88 Å². The average molecular weight is 428 g/mol. The van der Waals surface area contributed by atoms with Crippen molar-refractivity contribution >= 4 is 29.5 Å². The Balaban J connectivity index is 1.76. The number of hydrogen-bond donors (Lipinski definition) is 0. The number of carbonyl (C=O) groups is 1. The number of amides is 1. The Morgan fingerprint density at radius 2 is 2.10 bits per heavy atom. The van der Waals surface area contributed by atoms with Crippen molar-refractivity contribution in [2.75, 3.05) is 19.7 Å². The summed E-state index contributed by atoms with van der Waals surface area (Å²) >= 11 is 6.20. The van der Waals surface area contributed by atoms with E-state index in [9.17, 15) is 14.9 Å². The first-order valence-electron chi connectivity index (χ1n) is 10.0. The van der Waals surface area contributed by atoms with Crippen molar-refractivity contribution < 1.29 is 14.5 Å². The van der Waals surface area contributed by atoms with E-state index in [1.807, 2.05) is 12.1 Å². The molecule has 1 fully saturated rings. The maximum Gasteiger partial charge on any atom is 0.409 e. The lowest BCUT2D eigenvalue weighted by atomic mass is 9.76. The number of halogens is 1. The molecular weight excluding hydrogens is 406 g/mol. The van der Waals surface area contributed by atoms with Gasteiger partial charge in [-0.2, -0.15) is 0 Å². The Labute approximate surface area is 179 Å². The van der Waals surface area contributed by atoms with Gasteiger partial charge in [-0.15, -0.1) is 0 Å². The van der Waals surface area contributed by atoms with Gasteiger partial charge in [0.05, 0.1) is 22.8 Å². The number of ether oxygens (including phenoxy) is 1. The minimum atomic E-state index is -0.363. The summed E-state index contributed by atoms with van der Waals surface area (Å²) in [5, 5.41) is 12.3. The average Bonchev–Trinajstić information content (AvgIpc) is 2.88. The van der Waals surface area contributed by atoms with Crippen LogP contribution in [-0.2, 0) is 4.74 Å². The fraction of sp³-hybridized carbons (Fsp3) is 0.364. The van der Waals surface area contributed by atoms with Gasteiger partial charge in [0, 0.05) is 41.9 Å². The highest BCUT2D eigenvalue weighted by Gasteiger charge is 2.37. The van der Waals surface area contributed by atoms with Gasteiger partial charge in [-0.1, -0.05) is 23.7 Å². The third kappa shape index (κ3) is 3.77. The Hall–Kier alpha value is -2.93. The number of aromatic nitrogens is 1. The molecule has 0 saturated carbocycles. The Bertz CT molecular complexity index is 1020. The van der Waals surface area contributed by atoms with E-state index < -0.39 is 0 Å². The van der Waals surface area contributed by atoms with Gasteiger partial charge in [0.25, 0.3) is 5.70 Å². The van der Waals surface area contributed by atoms with Gasteiger partial charge >= 0.3 is 6.09 Å². The molecular formula is C22H22ClN3O4. The molecule has 0 spiro atoms. The van der Waals surface area contributed by atoms with Crippen LogP contribution in [0, 0.1) is 16.0 Å². The third-order valence-electron chi connectivity index (χ3n) is 5.82. The van der Waals surface area contributed by atoms with Crippen LogP contribution in [0.5, 0.6) is 0 Å². The Morgan fingerprint density at radius 1 is 1.33 bits per heavy atom. The SMILES string of the molecule is CCOC(=O)N1CCC(C2c3ccc(Cl)cc3C([N+](=O)[O-])=Cc3cccnc32)CC1. The second kappa shape index (κ2) is 8.44. The highest BCUT2D eigenvalue weighted by molar-refractivity contribution is 6.30. The first kappa shape index (κ1) is 20.3. The van der Waals surface area contributed by atoms with E-state index in [-0.39, 0.29) is 28.5 Å². The topological polar surface area (TPSA) is 85.6 Å². The zero-order chi connectivity index (χ0) is 21.3. The van der Waals surface area contributed by atoms with Gasteiger partial charge in [-0.05, 0) is 49.4 Å². The van der Waals surface area contributed by atoms with Gasteiger partial charge in [-0.25, -0.2) is 4.79 Å². The third-order valence-corrected chi connectivity index (χ3v) is 6.05. The fourth-order valence-corrected chi connectivity index (χ4v) is 4.64. The monoisotopic (exact) mass is 427 g/mol. The summed E-state index contributed by atoms with van der Waals surface area (Å²) in [5.74, 6) is 0.0651. The Kier molecular flexibility index (Phi) is 5.72. The molecule has 1 aromatic heterocycles. The lowest BCUT2D eigenvalue weighted by molar-refractivity contribution is -0.374. The molecule has 1 atom stereocenters. The van der Waals surface area contributed by atoms with Crippen LogP contribution >= 0.6 is 11.6 Å². The number of hydrogen-bond acceptors (Lipinski definition) is 5.